The van der Waals surface area contributed by atoms with Crippen molar-refractivity contribution in [3.05, 3.63) is 59.0 Å². The normalized spacial score (nSPS) is 15.1. The van der Waals surface area contributed by atoms with Crippen LogP contribution in [0.15, 0.2) is 47.5 Å². The van der Waals surface area contributed by atoms with E-state index in [4.69, 9.17) is 11.6 Å². The maximum atomic E-state index is 14.8. The molecule has 1 amide bonds. The summed E-state index contributed by atoms with van der Waals surface area (Å²) in [5, 5.41) is 5.97. The van der Waals surface area contributed by atoms with Gasteiger partial charge in [-0.25, -0.2) is 17.8 Å². The van der Waals surface area contributed by atoms with Crippen LogP contribution in [-0.4, -0.2) is 36.6 Å². The Kier molecular flexibility index (Phi) is 7.94. The van der Waals surface area contributed by atoms with E-state index in [2.05, 4.69) is 34.4 Å². The minimum atomic E-state index is -3.73. The van der Waals surface area contributed by atoms with Crippen LogP contribution in [0.3, 0.4) is 0 Å². The maximum absolute atomic E-state index is 14.8. The summed E-state index contributed by atoms with van der Waals surface area (Å²) in [6.45, 7) is 8.48. The smallest absolute Gasteiger partial charge is 0.229 e. The van der Waals surface area contributed by atoms with Gasteiger partial charge in [-0.2, -0.15) is 4.98 Å². The Balaban J connectivity index is 1.68. The number of halogens is 2. The average Bonchev–Trinajstić information content (AvgIpc) is 2.95. The molecule has 2 N–H and O–H groups in total. The highest BCUT2D eigenvalue weighted by molar-refractivity contribution is 7.91. The van der Waals surface area contributed by atoms with Crippen LogP contribution in [0.1, 0.15) is 52.5 Å². The molecule has 0 bridgehead atoms. The Morgan fingerprint density at radius 1 is 1.16 bits per heavy atom. The number of nitrogens with zero attached hydrogens (tertiary/aromatic N) is 3. The fourth-order valence-electron chi connectivity index (χ4n) is 4.60. The van der Waals surface area contributed by atoms with Crippen molar-refractivity contribution in [3.8, 4) is 0 Å². The largest absolute Gasteiger partial charge is 0.335 e. The van der Waals surface area contributed by atoms with E-state index in [0.29, 0.717) is 25.1 Å². The second kappa shape index (κ2) is 10.9. The summed E-state index contributed by atoms with van der Waals surface area (Å²) in [7, 11) is -3.73. The van der Waals surface area contributed by atoms with Crippen LogP contribution in [0, 0.1) is 5.82 Å². The van der Waals surface area contributed by atoms with E-state index < -0.39 is 15.7 Å². The molecule has 0 unspecified atom stereocenters. The second-order valence-corrected chi connectivity index (χ2v) is 12.3. The summed E-state index contributed by atoms with van der Waals surface area (Å²) in [6.07, 6.45) is 2.96. The lowest BCUT2D eigenvalue weighted by Crippen LogP contribution is -2.29. The van der Waals surface area contributed by atoms with Gasteiger partial charge in [0.25, 0.3) is 0 Å². The standard InChI is InChI=1S/C27H31ClFN5O3S/c1-5-14-38(36,37)22-9-7-8-20(29)24(22)32-25-19(28)16-30-26(33-25)31-17-10-11-18-21(15-17)34(6-2)23(35)12-13-27(18,3)4/h7-11,15-16H,5-6,12-14H2,1-4H3,(H2,30,31,32,33). The first-order valence-corrected chi connectivity index (χ1v) is 14.5. The third kappa shape index (κ3) is 5.61. The Hall–Kier alpha value is -3.24. The topological polar surface area (TPSA) is 104 Å². The number of amides is 1. The third-order valence-corrected chi connectivity index (χ3v) is 8.86. The zero-order valence-corrected chi connectivity index (χ0v) is 23.4. The van der Waals surface area contributed by atoms with E-state index >= 15 is 0 Å². The van der Waals surface area contributed by atoms with Crippen molar-refractivity contribution in [1.29, 1.82) is 0 Å². The van der Waals surface area contributed by atoms with Crippen molar-refractivity contribution in [1.82, 2.24) is 9.97 Å². The van der Waals surface area contributed by atoms with Gasteiger partial charge in [0.05, 0.1) is 22.5 Å². The summed E-state index contributed by atoms with van der Waals surface area (Å²) < 4.78 is 40.3. The molecule has 0 saturated carbocycles. The first-order chi connectivity index (χ1) is 18.0. The Morgan fingerprint density at radius 3 is 2.63 bits per heavy atom. The molecule has 0 atom stereocenters. The van der Waals surface area contributed by atoms with Crippen LogP contribution >= 0.6 is 11.6 Å². The number of para-hydroxylation sites is 1. The van der Waals surface area contributed by atoms with Gasteiger partial charge < -0.3 is 15.5 Å². The highest BCUT2D eigenvalue weighted by atomic mass is 35.5. The van der Waals surface area contributed by atoms with E-state index in [1.54, 1.807) is 11.8 Å². The number of nitrogens with one attached hydrogen (secondary N) is 2. The molecule has 3 aromatic rings. The van der Waals surface area contributed by atoms with E-state index in [1.165, 1.54) is 24.4 Å². The minimum absolute atomic E-state index is 0.0449. The molecule has 0 fully saturated rings. The van der Waals surface area contributed by atoms with Gasteiger partial charge >= 0.3 is 0 Å². The molecule has 0 spiro atoms. The van der Waals surface area contributed by atoms with Gasteiger partial charge in [-0.15, -0.1) is 0 Å². The SMILES string of the molecule is CCCS(=O)(=O)c1cccc(F)c1Nc1nc(Nc2ccc3c(c2)N(CC)C(=O)CCC3(C)C)ncc1Cl. The van der Waals surface area contributed by atoms with Crippen molar-refractivity contribution < 1.29 is 17.6 Å². The Morgan fingerprint density at radius 2 is 1.92 bits per heavy atom. The minimum Gasteiger partial charge on any atom is -0.335 e. The quantitative estimate of drug-likeness (QED) is 0.330. The molecule has 38 heavy (non-hydrogen) atoms. The molecule has 11 heteroatoms. The number of sulfone groups is 1. The van der Waals surface area contributed by atoms with Gasteiger partial charge in [0.15, 0.2) is 15.7 Å². The lowest BCUT2D eigenvalue weighted by atomic mass is 9.80. The second-order valence-electron chi connectivity index (χ2n) is 9.83. The number of aromatic nitrogens is 2. The molecule has 202 valence electrons. The first kappa shape index (κ1) is 27.8. The zero-order chi connectivity index (χ0) is 27.7. The number of carbonyl (C=O) groups is 1. The summed E-state index contributed by atoms with van der Waals surface area (Å²) in [4.78, 5) is 23.0. The molecule has 1 aliphatic rings. The molecule has 8 nitrogen and oxygen atoms in total. The molecule has 4 rings (SSSR count). The molecule has 0 radical (unpaired) electrons. The fraction of sp³-hybridized carbons (Fsp3) is 0.370. The highest BCUT2D eigenvalue weighted by Crippen LogP contribution is 2.41. The molecule has 1 aromatic heterocycles. The van der Waals surface area contributed by atoms with Crippen molar-refractivity contribution in [3.63, 3.8) is 0 Å². The Bertz CT molecular complexity index is 1480. The van der Waals surface area contributed by atoms with Gasteiger partial charge in [0.1, 0.15) is 10.8 Å². The van der Waals surface area contributed by atoms with Crippen molar-refractivity contribution in [2.45, 2.75) is 57.3 Å². The van der Waals surface area contributed by atoms with Gasteiger partial charge in [-0.1, -0.05) is 44.5 Å². The molecule has 0 saturated heterocycles. The zero-order valence-electron chi connectivity index (χ0n) is 21.8. The monoisotopic (exact) mass is 559 g/mol. The predicted octanol–water partition coefficient (Wildman–Crippen LogP) is 6.36. The van der Waals surface area contributed by atoms with Crippen molar-refractivity contribution in [2.75, 3.05) is 27.8 Å². The number of anilines is 5. The van der Waals surface area contributed by atoms with Crippen molar-refractivity contribution in [2.24, 2.45) is 0 Å². The van der Waals surface area contributed by atoms with Crippen LogP contribution < -0.4 is 15.5 Å². The number of fused-ring (bicyclic) bond motifs is 1. The first-order valence-electron chi connectivity index (χ1n) is 12.5. The Labute approximate surface area is 227 Å². The maximum Gasteiger partial charge on any atom is 0.229 e. The summed E-state index contributed by atoms with van der Waals surface area (Å²) >= 11 is 6.30. The predicted molar refractivity (Wildman–Crippen MR) is 149 cm³/mol. The molecule has 1 aliphatic heterocycles. The molecule has 2 aromatic carbocycles. The average molecular weight is 560 g/mol. The van der Waals surface area contributed by atoms with E-state index in [-0.39, 0.29) is 44.4 Å². The van der Waals surface area contributed by atoms with E-state index in [9.17, 15) is 17.6 Å². The summed E-state index contributed by atoms with van der Waals surface area (Å²) in [6, 6.07) is 9.64. The highest BCUT2D eigenvalue weighted by Gasteiger charge is 2.32. The van der Waals surface area contributed by atoms with Gasteiger partial charge in [-0.05, 0) is 55.0 Å². The fourth-order valence-corrected chi connectivity index (χ4v) is 6.24. The van der Waals surface area contributed by atoms with Gasteiger partial charge in [0, 0.05) is 24.3 Å². The number of benzene rings is 2. The third-order valence-electron chi connectivity index (χ3n) is 6.63. The molecular formula is C27H31ClFN5O3S. The van der Waals surface area contributed by atoms with Crippen LogP contribution in [0.25, 0.3) is 0 Å². The van der Waals surface area contributed by atoms with Gasteiger partial charge in [0.2, 0.25) is 11.9 Å². The number of rotatable bonds is 8. The number of hydrogen-bond donors (Lipinski definition) is 2. The number of carbonyl (C=O) groups excluding carboxylic acids is 1. The van der Waals surface area contributed by atoms with Crippen molar-refractivity contribution >= 4 is 56.2 Å². The van der Waals surface area contributed by atoms with Crippen LogP contribution in [-0.2, 0) is 20.0 Å². The van der Waals surface area contributed by atoms with E-state index in [0.717, 1.165) is 17.7 Å². The summed E-state index contributed by atoms with van der Waals surface area (Å²) in [5.74, 6) is -0.590. The van der Waals surface area contributed by atoms with Crippen LogP contribution in [0.2, 0.25) is 5.02 Å². The lowest BCUT2D eigenvalue weighted by molar-refractivity contribution is -0.118. The number of hydrogen-bond acceptors (Lipinski definition) is 7. The van der Waals surface area contributed by atoms with Crippen LogP contribution in [0.5, 0.6) is 0 Å². The lowest BCUT2D eigenvalue weighted by Gasteiger charge is -2.27. The molecule has 2 heterocycles. The molecule has 0 aliphatic carbocycles. The molecular weight excluding hydrogens is 529 g/mol. The van der Waals surface area contributed by atoms with Crippen LogP contribution in [0.4, 0.5) is 33.2 Å². The van der Waals surface area contributed by atoms with E-state index in [1.807, 2.05) is 25.1 Å². The summed E-state index contributed by atoms with van der Waals surface area (Å²) in [5.41, 5.74) is 2.16. The van der Waals surface area contributed by atoms with Gasteiger partial charge in [-0.3, -0.25) is 4.79 Å².